The van der Waals surface area contributed by atoms with Crippen LogP contribution in [0.4, 0.5) is 18.9 Å². The van der Waals surface area contributed by atoms with Crippen molar-refractivity contribution in [3.8, 4) is 5.75 Å². The van der Waals surface area contributed by atoms with Gasteiger partial charge in [0.2, 0.25) is 11.8 Å². The Morgan fingerprint density at radius 1 is 1.26 bits per heavy atom. The quantitative estimate of drug-likeness (QED) is 0.514. The Morgan fingerprint density at radius 2 is 2.03 bits per heavy atom. The molecule has 0 aromatic heterocycles. The molecule has 2 atom stereocenters. The molecule has 0 spiro atoms. The largest absolute Gasteiger partial charge is 0.573 e. The number of carbonyl (C=O) groups excluding carboxylic acids is 2. The Balaban J connectivity index is 1.61. The van der Waals surface area contributed by atoms with Crippen LogP contribution in [0, 0.1) is 0 Å². The van der Waals surface area contributed by atoms with E-state index in [-0.39, 0.29) is 36.0 Å². The highest BCUT2D eigenvalue weighted by Crippen LogP contribution is 2.31. The predicted octanol–water partition coefficient (Wildman–Crippen LogP) is 2.51. The minimum atomic E-state index is -4.87. The molecule has 9 nitrogen and oxygen atoms in total. The number of alkyl halides is 3. The van der Waals surface area contributed by atoms with Crippen molar-refractivity contribution in [2.75, 3.05) is 37.2 Å². The fraction of sp³-hybridized carbons (Fsp3) is 0.440. The molecule has 4 rings (SSSR count). The number of aliphatic hydroxyl groups excluding tert-OH is 1. The number of likely N-dealkylation sites (N-methyl/N-ethyl adjacent to an activating group) is 1. The Morgan fingerprint density at radius 3 is 2.68 bits per heavy atom. The molecule has 2 heterocycles. The van der Waals surface area contributed by atoms with Crippen molar-refractivity contribution in [3.05, 3.63) is 53.6 Å². The van der Waals surface area contributed by atoms with E-state index < -0.39 is 45.8 Å². The number of hydrogen-bond donors (Lipinski definition) is 2. The number of aliphatic hydroxyl groups is 1. The van der Waals surface area contributed by atoms with Crippen LogP contribution >= 0.6 is 0 Å². The molecule has 38 heavy (non-hydrogen) atoms. The van der Waals surface area contributed by atoms with E-state index in [1.807, 2.05) is 4.90 Å². The second-order valence-corrected chi connectivity index (χ2v) is 11.3. The Hall–Kier alpha value is -3.16. The average Bonchev–Trinajstić information content (AvgIpc) is 3.21. The molecule has 0 bridgehead atoms. The van der Waals surface area contributed by atoms with Crippen LogP contribution in [0.2, 0.25) is 0 Å². The monoisotopic (exact) mass is 555 g/mol. The van der Waals surface area contributed by atoms with Crippen molar-refractivity contribution in [1.82, 2.24) is 9.80 Å². The number of likely N-dealkylation sites (tertiary alicyclic amines) is 1. The number of amides is 2. The van der Waals surface area contributed by atoms with Gasteiger partial charge in [0, 0.05) is 26.2 Å². The number of anilines is 1. The van der Waals surface area contributed by atoms with E-state index >= 15 is 0 Å². The van der Waals surface area contributed by atoms with Crippen LogP contribution in [-0.4, -0.2) is 79.5 Å². The van der Waals surface area contributed by atoms with Crippen LogP contribution in [0.25, 0.3) is 0 Å². The number of fused-ring (bicyclic) bond motifs is 1. The number of sulfone groups is 1. The number of β-amino-alcohol motifs (C(OH)–C–C–N with tert-alkyl or cyclic N) is 1. The van der Waals surface area contributed by atoms with E-state index in [0.717, 1.165) is 0 Å². The topological polar surface area (TPSA) is 116 Å². The first-order chi connectivity index (χ1) is 17.8. The number of nitrogens with zero attached hydrogens (tertiary/aromatic N) is 2. The maximum Gasteiger partial charge on any atom is 0.573 e. The van der Waals surface area contributed by atoms with Gasteiger partial charge in [0.1, 0.15) is 11.5 Å². The maximum absolute atomic E-state index is 13.5. The molecule has 1 fully saturated rings. The summed E-state index contributed by atoms with van der Waals surface area (Å²) in [4.78, 5) is 28.8. The van der Waals surface area contributed by atoms with Crippen molar-refractivity contribution in [2.45, 2.75) is 43.2 Å². The van der Waals surface area contributed by atoms with E-state index in [2.05, 4.69) is 10.1 Å². The fourth-order valence-electron chi connectivity index (χ4n) is 4.86. The van der Waals surface area contributed by atoms with Gasteiger partial charge in [-0.25, -0.2) is 8.42 Å². The number of benzene rings is 2. The molecular formula is C25H28F3N3O6S. The standard InChI is InChI=1S/C25H28F3N3O6S/c1-2-31(24(34)11-16-6-7-22-20(10-16)29-23(33)15-38(22,35)36)21(14-30-9-8-18(32)13-30)17-4-3-5-19(12-17)37-25(26,27)28/h3-7,10,12,18,21,32H,2,8-9,11,13-15H2,1H3,(H,29,33)/t18-,21?/m0/s1. The van der Waals surface area contributed by atoms with E-state index in [0.29, 0.717) is 30.6 Å². The third-order valence-corrected chi connectivity index (χ3v) is 8.19. The molecule has 2 amide bonds. The van der Waals surface area contributed by atoms with Gasteiger partial charge in [-0.15, -0.1) is 13.2 Å². The minimum absolute atomic E-state index is 0.0207. The molecule has 206 valence electrons. The fourth-order valence-corrected chi connectivity index (χ4v) is 6.16. The first-order valence-corrected chi connectivity index (χ1v) is 13.7. The van der Waals surface area contributed by atoms with Crippen LogP contribution in [-0.2, 0) is 25.8 Å². The highest BCUT2D eigenvalue weighted by atomic mass is 32.2. The Labute approximate surface area is 218 Å². The molecule has 1 saturated heterocycles. The van der Waals surface area contributed by atoms with Crippen LogP contribution in [0.5, 0.6) is 5.75 Å². The lowest BCUT2D eigenvalue weighted by Gasteiger charge is -2.34. The lowest BCUT2D eigenvalue weighted by molar-refractivity contribution is -0.274. The molecule has 0 radical (unpaired) electrons. The van der Waals surface area contributed by atoms with Gasteiger partial charge in [-0.2, -0.15) is 0 Å². The molecule has 1 unspecified atom stereocenters. The third-order valence-electron chi connectivity index (χ3n) is 6.52. The summed E-state index contributed by atoms with van der Waals surface area (Å²) >= 11 is 0. The van der Waals surface area contributed by atoms with Gasteiger partial charge in [0.05, 0.1) is 29.1 Å². The zero-order chi connectivity index (χ0) is 27.7. The van der Waals surface area contributed by atoms with Gasteiger partial charge in [0.15, 0.2) is 9.84 Å². The second-order valence-electron chi connectivity index (χ2n) is 9.33. The SMILES string of the molecule is CCN(C(=O)Cc1ccc2c(c1)NC(=O)CS2(=O)=O)C(CN1CC[C@H](O)C1)c1cccc(OC(F)(F)F)c1. The number of nitrogens with one attached hydrogen (secondary N) is 1. The first kappa shape index (κ1) is 27.9. The van der Waals surface area contributed by atoms with Crippen molar-refractivity contribution < 1.29 is 41.0 Å². The lowest BCUT2D eigenvalue weighted by Crippen LogP contribution is -2.42. The normalized spacial score (nSPS) is 19.9. The van der Waals surface area contributed by atoms with Crippen LogP contribution in [0.15, 0.2) is 47.4 Å². The van der Waals surface area contributed by atoms with Crippen molar-refractivity contribution in [3.63, 3.8) is 0 Å². The van der Waals surface area contributed by atoms with E-state index in [9.17, 15) is 36.3 Å². The molecule has 2 aromatic rings. The van der Waals surface area contributed by atoms with E-state index in [1.165, 1.54) is 41.3 Å². The molecule has 13 heteroatoms. The minimum Gasteiger partial charge on any atom is -0.406 e. The Kier molecular flexibility index (Phi) is 8.00. The lowest BCUT2D eigenvalue weighted by atomic mass is 10.0. The summed E-state index contributed by atoms with van der Waals surface area (Å²) in [5.74, 6) is -2.06. The number of halogens is 3. The number of carbonyl (C=O) groups is 2. The van der Waals surface area contributed by atoms with Crippen LogP contribution in [0.3, 0.4) is 0 Å². The zero-order valence-corrected chi connectivity index (χ0v) is 21.4. The molecule has 2 N–H and O–H groups in total. The highest BCUT2D eigenvalue weighted by molar-refractivity contribution is 7.92. The average molecular weight is 556 g/mol. The van der Waals surface area contributed by atoms with E-state index in [4.69, 9.17) is 0 Å². The highest BCUT2D eigenvalue weighted by Gasteiger charge is 2.33. The molecular weight excluding hydrogens is 527 g/mol. The number of ether oxygens (including phenoxy) is 1. The van der Waals surface area contributed by atoms with Crippen molar-refractivity contribution >= 4 is 27.3 Å². The summed E-state index contributed by atoms with van der Waals surface area (Å²) in [7, 11) is -3.77. The molecule has 2 aromatic carbocycles. The zero-order valence-electron chi connectivity index (χ0n) is 20.6. The van der Waals surface area contributed by atoms with Gasteiger partial charge >= 0.3 is 6.36 Å². The van der Waals surface area contributed by atoms with Crippen LogP contribution in [0.1, 0.15) is 30.5 Å². The predicted molar refractivity (Wildman–Crippen MR) is 131 cm³/mol. The van der Waals surface area contributed by atoms with Crippen LogP contribution < -0.4 is 10.1 Å². The third kappa shape index (κ3) is 6.63. The summed E-state index contributed by atoms with van der Waals surface area (Å²) in [6, 6.07) is 9.13. The maximum atomic E-state index is 13.5. The van der Waals surface area contributed by atoms with Gasteiger partial charge in [-0.1, -0.05) is 18.2 Å². The van der Waals surface area contributed by atoms with E-state index in [1.54, 1.807) is 13.0 Å². The van der Waals surface area contributed by atoms with Gasteiger partial charge in [-0.05, 0) is 48.7 Å². The van der Waals surface area contributed by atoms with Crippen molar-refractivity contribution in [1.29, 1.82) is 0 Å². The van der Waals surface area contributed by atoms with Gasteiger partial charge in [-0.3, -0.25) is 14.5 Å². The summed E-state index contributed by atoms with van der Waals surface area (Å²) in [5.41, 5.74) is 1.01. The molecule has 0 aliphatic carbocycles. The Bertz CT molecular complexity index is 1320. The smallest absolute Gasteiger partial charge is 0.406 e. The van der Waals surface area contributed by atoms with Crippen molar-refractivity contribution in [2.24, 2.45) is 0 Å². The number of hydrogen-bond acceptors (Lipinski definition) is 7. The first-order valence-electron chi connectivity index (χ1n) is 12.1. The second kappa shape index (κ2) is 10.9. The molecule has 2 aliphatic heterocycles. The number of rotatable bonds is 8. The van der Waals surface area contributed by atoms with Gasteiger partial charge in [0.25, 0.3) is 0 Å². The summed E-state index contributed by atoms with van der Waals surface area (Å²) in [6.07, 6.45) is -4.98. The summed E-state index contributed by atoms with van der Waals surface area (Å²) in [5, 5.41) is 12.5. The summed E-state index contributed by atoms with van der Waals surface area (Å²) < 4.78 is 67.2. The molecule has 2 aliphatic rings. The molecule has 0 saturated carbocycles. The summed E-state index contributed by atoms with van der Waals surface area (Å²) in [6.45, 7) is 3.21. The van der Waals surface area contributed by atoms with Gasteiger partial charge < -0.3 is 20.1 Å².